The van der Waals surface area contributed by atoms with Crippen LogP contribution in [0.4, 0.5) is 0 Å². The highest BCUT2D eigenvalue weighted by Gasteiger charge is 2.29. The lowest BCUT2D eigenvalue weighted by Gasteiger charge is -2.30. The number of likely N-dealkylation sites (N-methyl/N-ethyl adjacent to an activating group) is 1. The van der Waals surface area contributed by atoms with E-state index < -0.39 is 5.66 Å². The van der Waals surface area contributed by atoms with Crippen LogP contribution in [0.25, 0.3) is 0 Å². The zero-order valence-corrected chi connectivity index (χ0v) is 9.62. The van der Waals surface area contributed by atoms with E-state index in [1.54, 1.807) is 0 Å². The molecule has 0 aromatic heterocycles. The van der Waals surface area contributed by atoms with Gasteiger partial charge in [-0.15, -0.1) is 0 Å². The lowest BCUT2D eigenvalue weighted by atomic mass is 9.92. The molecule has 1 aromatic carbocycles. The Kier molecular flexibility index (Phi) is 3.81. The molecule has 1 rings (SSSR count). The van der Waals surface area contributed by atoms with E-state index in [2.05, 4.69) is 42.2 Å². The maximum absolute atomic E-state index is 4.25. The summed E-state index contributed by atoms with van der Waals surface area (Å²) in [5, 5.41) is 3.23. The zero-order chi connectivity index (χ0) is 11.3. The molecule has 2 heteroatoms. The van der Waals surface area contributed by atoms with Crippen molar-refractivity contribution in [3.8, 4) is 0 Å². The minimum absolute atomic E-state index is 0.490. The van der Waals surface area contributed by atoms with Gasteiger partial charge in [-0.2, -0.15) is 0 Å². The van der Waals surface area contributed by atoms with Crippen LogP contribution < -0.4 is 5.32 Å². The fraction of sp³-hybridized carbons (Fsp3) is 0.308. The number of hydrogen-bond acceptors (Lipinski definition) is 2. The van der Waals surface area contributed by atoms with Crippen molar-refractivity contribution in [1.82, 2.24) is 5.32 Å². The topological polar surface area (TPSA) is 24.4 Å². The molecule has 80 valence electrons. The smallest absolute Gasteiger partial charge is 0.156 e. The molecule has 15 heavy (non-hydrogen) atoms. The van der Waals surface area contributed by atoms with Crippen LogP contribution in [0.2, 0.25) is 0 Å². The standard InChI is InChI=1S/C13H18N2/c1-5-11(2)13(14-3,15-4)12-9-7-6-8-10-12/h5-10,15H,3H2,1-2,4H3/b11-5+. The fourth-order valence-corrected chi connectivity index (χ4v) is 1.75. The summed E-state index contributed by atoms with van der Waals surface area (Å²) in [6, 6.07) is 10.1. The monoisotopic (exact) mass is 202 g/mol. The van der Waals surface area contributed by atoms with Crippen molar-refractivity contribution in [2.24, 2.45) is 4.99 Å². The highest BCUT2D eigenvalue weighted by Crippen LogP contribution is 2.29. The van der Waals surface area contributed by atoms with E-state index in [9.17, 15) is 0 Å². The quantitative estimate of drug-likeness (QED) is 0.589. The minimum atomic E-state index is -0.490. The molecular formula is C13H18N2. The Bertz CT molecular complexity index is 354. The Balaban J connectivity index is 3.30. The van der Waals surface area contributed by atoms with Crippen LogP contribution in [0.3, 0.4) is 0 Å². The molecule has 0 saturated carbocycles. The van der Waals surface area contributed by atoms with Crippen molar-refractivity contribution < 1.29 is 0 Å². The molecule has 2 nitrogen and oxygen atoms in total. The second-order valence-electron chi connectivity index (χ2n) is 3.46. The van der Waals surface area contributed by atoms with Crippen LogP contribution in [0.15, 0.2) is 47.0 Å². The first-order valence-electron chi connectivity index (χ1n) is 5.07. The lowest BCUT2D eigenvalue weighted by molar-refractivity contribution is 0.452. The summed E-state index contributed by atoms with van der Waals surface area (Å²) >= 11 is 0. The van der Waals surface area contributed by atoms with Crippen LogP contribution in [0.5, 0.6) is 0 Å². The third kappa shape index (κ3) is 2.00. The van der Waals surface area contributed by atoms with Crippen molar-refractivity contribution in [3.05, 3.63) is 47.5 Å². The first kappa shape index (κ1) is 11.7. The van der Waals surface area contributed by atoms with Gasteiger partial charge in [-0.1, -0.05) is 36.4 Å². The summed E-state index contributed by atoms with van der Waals surface area (Å²) in [7, 11) is 1.90. The SMILES string of the molecule is C=NC(NC)(/C(C)=C/C)c1ccccc1. The Labute approximate surface area is 91.7 Å². The van der Waals surface area contributed by atoms with Gasteiger partial charge in [-0.05, 0) is 38.7 Å². The Hall–Kier alpha value is -1.41. The Morgan fingerprint density at radius 1 is 1.40 bits per heavy atom. The van der Waals surface area contributed by atoms with Gasteiger partial charge < -0.3 is 0 Å². The summed E-state index contributed by atoms with van der Waals surface area (Å²) in [5.74, 6) is 0. The molecule has 0 aliphatic heterocycles. The van der Waals surface area contributed by atoms with E-state index in [1.165, 1.54) is 0 Å². The van der Waals surface area contributed by atoms with Gasteiger partial charge in [0.1, 0.15) is 0 Å². The van der Waals surface area contributed by atoms with Crippen molar-refractivity contribution in [2.45, 2.75) is 19.5 Å². The number of benzene rings is 1. The third-order valence-corrected chi connectivity index (χ3v) is 2.79. The molecule has 0 amide bonds. The highest BCUT2D eigenvalue weighted by molar-refractivity contribution is 5.39. The van der Waals surface area contributed by atoms with Gasteiger partial charge in [0.25, 0.3) is 0 Å². The number of nitrogens with zero attached hydrogens (tertiary/aromatic N) is 1. The van der Waals surface area contributed by atoms with E-state index in [-0.39, 0.29) is 0 Å². The maximum Gasteiger partial charge on any atom is 0.156 e. The van der Waals surface area contributed by atoms with Gasteiger partial charge in [0.15, 0.2) is 5.66 Å². The predicted octanol–water partition coefficient (Wildman–Crippen LogP) is 2.73. The molecule has 1 unspecified atom stereocenters. The number of hydrogen-bond donors (Lipinski definition) is 1. The zero-order valence-electron chi connectivity index (χ0n) is 9.62. The predicted molar refractivity (Wildman–Crippen MR) is 66.2 cm³/mol. The number of aliphatic imine (C=N–C) groups is 1. The average Bonchev–Trinajstić information content (AvgIpc) is 2.32. The van der Waals surface area contributed by atoms with Gasteiger partial charge in [0.05, 0.1) is 0 Å². The highest BCUT2D eigenvalue weighted by atomic mass is 15.1. The molecule has 0 aliphatic carbocycles. The summed E-state index contributed by atoms with van der Waals surface area (Å²) < 4.78 is 0. The van der Waals surface area contributed by atoms with Crippen LogP contribution >= 0.6 is 0 Å². The van der Waals surface area contributed by atoms with Gasteiger partial charge in [-0.3, -0.25) is 10.3 Å². The molecule has 0 aliphatic rings. The molecule has 0 saturated heterocycles. The average molecular weight is 202 g/mol. The summed E-state index contributed by atoms with van der Waals surface area (Å²) in [5.41, 5.74) is 1.76. The van der Waals surface area contributed by atoms with Gasteiger partial charge in [-0.25, -0.2) is 0 Å². The Morgan fingerprint density at radius 3 is 2.40 bits per heavy atom. The van der Waals surface area contributed by atoms with Gasteiger partial charge in [0, 0.05) is 0 Å². The molecule has 0 spiro atoms. The van der Waals surface area contributed by atoms with Gasteiger partial charge in [0.2, 0.25) is 0 Å². The molecule has 1 aromatic rings. The fourth-order valence-electron chi connectivity index (χ4n) is 1.75. The van der Waals surface area contributed by atoms with Crippen LogP contribution in [-0.2, 0) is 5.66 Å². The van der Waals surface area contributed by atoms with Crippen molar-refractivity contribution in [2.75, 3.05) is 7.05 Å². The van der Waals surface area contributed by atoms with E-state index in [0.29, 0.717) is 0 Å². The van der Waals surface area contributed by atoms with E-state index in [1.807, 2.05) is 32.2 Å². The maximum atomic E-state index is 4.25. The van der Waals surface area contributed by atoms with E-state index in [4.69, 9.17) is 0 Å². The van der Waals surface area contributed by atoms with Crippen LogP contribution in [-0.4, -0.2) is 13.8 Å². The second kappa shape index (κ2) is 4.89. The largest absolute Gasteiger partial charge is 0.289 e. The number of allylic oxidation sites excluding steroid dienone is 1. The van der Waals surface area contributed by atoms with Crippen LogP contribution in [0, 0.1) is 0 Å². The molecule has 1 N–H and O–H groups in total. The number of nitrogens with one attached hydrogen (secondary N) is 1. The summed E-state index contributed by atoms with van der Waals surface area (Å²) in [6.45, 7) is 7.76. The van der Waals surface area contributed by atoms with Crippen molar-refractivity contribution in [3.63, 3.8) is 0 Å². The Morgan fingerprint density at radius 2 is 2.00 bits per heavy atom. The molecule has 0 heterocycles. The summed E-state index contributed by atoms with van der Waals surface area (Å²) in [6.07, 6.45) is 2.05. The van der Waals surface area contributed by atoms with Crippen LogP contribution in [0.1, 0.15) is 19.4 Å². The molecule has 0 radical (unpaired) electrons. The minimum Gasteiger partial charge on any atom is -0.289 e. The molecular weight excluding hydrogens is 184 g/mol. The number of rotatable bonds is 4. The van der Waals surface area contributed by atoms with Crippen molar-refractivity contribution in [1.29, 1.82) is 0 Å². The first-order chi connectivity index (χ1) is 7.21. The normalized spacial score (nSPS) is 15.8. The second-order valence-corrected chi connectivity index (χ2v) is 3.46. The molecule has 0 fully saturated rings. The summed E-state index contributed by atoms with van der Waals surface area (Å²) in [4.78, 5) is 4.25. The first-order valence-corrected chi connectivity index (χ1v) is 5.07. The third-order valence-electron chi connectivity index (χ3n) is 2.79. The van der Waals surface area contributed by atoms with E-state index in [0.717, 1.165) is 11.1 Å². The van der Waals surface area contributed by atoms with Crippen molar-refractivity contribution >= 4 is 6.72 Å². The molecule has 0 bridgehead atoms. The van der Waals surface area contributed by atoms with E-state index >= 15 is 0 Å². The lowest BCUT2D eigenvalue weighted by Crippen LogP contribution is -2.39. The molecule has 1 atom stereocenters. The van der Waals surface area contributed by atoms with Gasteiger partial charge >= 0.3 is 0 Å².